The van der Waals surface area contributed by atoms with E-state index in [0.29, 0.717) is 53.7 Å². The topological polar surface area (TPSA) is 43.9 Å². The Morgan fingerprint density at radius 3 is 2.62 bits per heavy atom. The van der Waals surface area contributed by atoms with Crippen molar-refractivity contribution in [1.29, 1.82) is 0 Å². The van der Waals surface area contributed by atoms with Gasteiger partial charge in [-0.05, 0) is 97.9 Å². The maximum atomic E-state index is 13.7. The summed E-state index contributed by atoms with van der Waals surface area (Å²) in [6, 6.07) is 10.8. The number of nitrogens with zero attached hydrogens (tertiary/aromatic N) is 3. The first-order valence-corrected chi connectivity index (χ1v) is 19.6. The van der Waals surface area contributed by atoms with Crippen LogP contribution in [0.25, 0.3) is 0 Å². The molecule has 3 heterocycles. The monoisotopic (exact) mass is 600 g/mol. The van der Waals surface area contributed by atoms with Gasteiger partial charge in [0.2, 0.25) is 5.91 Å². The molecular weight excluding hydrogens is 563 g/mol. The number of rotatable bonds is 6. The van der Waals surface area contributed by atoms with Crippen molar-refractivity contribution in [2.24, 2.45) is 29.1 Å². The van der Waals surface area contributed by atoms with Gasteiger partial charge in [0.05, 0.1) is 15.5 Å². The van der Waals surface area contributed by atoms with Gasteiger partial charge in [-0.1, -0.05) is 24.6 Å². The van der Waals surface area contributed by atoms with E-state index in [9.17, 15) is 9.59 Å². The highest BCUT2D eigenvalue weighted by molar-refractivity contribution is 8.32. The van der Waals surface area contributed by atoms with Gasteiger partial charge in [-0.2, -0.15) is 0 Å². The summed E-state index contributed by atoms with van der Waals surface area (Å²) in [6.07, 6.45) is 8.31. The molecule has 1 aromatic heterocycles. The van der Waals surface area contributed by atoms with Crippen molar-refractivity contribution < 1.29 is 9.59 Å². The summed E-state index contributed by atoms with van der Waals surface area (Å²) in [5.74, 6) is 4.85. The van der Waals surface area contributed by atoms with Gasteiger partial charge in [-0.3, -0.25) is 9.69 Å². The Hall–Kier alpha value is -1.24. The number of anilines is 1. The molecule has 0 N–H and O–H groups in total. The van der Waals surface area contributed by atoms with E-state index < -0.39 is 0 Å². The third kappa shape index (κ3) is 4.84. The highest BCUT2D eigenvalue weighted by atomic mass is 35.5. The average molecular weight is 601 g/mol. The van der Waals surface area contributed by atoms with Gasteiger partial charge >= 0.3 is 6.03 Å². The van der Waals surface area contributed by atoms with Crippen LogP contribution >= 0.6 is 35.3 Å². The number of halogens is 1. The summed E-state index contributed by atoms with van der Waals surface area (Å²) in [5, 5.41) is 2.00. The summed E-state index contributed by atoms with van der Waals surface area (Å²) in [5.41, 5.74) is 2.40. The molecular formula is C30H38ClN3O2P3+. The average Bonchev–Trinajstić information content (AvgIpc) is 3.43. The van der Waals surface area contributed by atoms with Crippen LogP contribution in [-0.4, -0.2) is 47.4 Å². The third-order valence-corrected chi connectivity index (χ3v) is 16.3. The Morgan fingerprint density at radius 2 is 1.90 bits per heavy atom. The fourth-order valence-corrected chi connectivity index (χ4v) is 13.0. The molecule has 0 radical (unpaired) electrons. The zero-order valence-electron chi connectivity index (χ0n) is 22.6. The molecule has 5 atom stereocenters. The van der Waals surface area contributed by atoms with Crippen LogP contribution in [-0.2, 0) is 17.8 Å². The van der Waals surface area contributed by atoms with E-state index in [1.54, 1.807) is 0 Å². The number of urea groups is 1. The first kappa shape index (κ1) is 26.6. The smallest absolute Gasteiger partial charge is 0.325 e. The normalized spacial score (nSPS) is 34.3. The molecule has 4 saturated carbocycles. The lowest BCUT2D eigenvalue weighted by atomic mass is 9.48. The lowest BCUT2D eigenvalue weighted by Crippen LogP contribution is -2.59. The van der Waals surface area contributed by atoms with Crippen LogP contribution in [0.3, 0.4) is 0 Å². The summed E-state index contributed by atoms with van der Waals surface area (Å²) >= 11 is 6.80. The van der Waals surface area contributed by atoms with E-state index in [2.05, 4.69) is 38.7 Å². The van der Waals surface area contributed by atoms with Crippen LogP contribution in [0.1, 0.15) is 56.3 Å². The van der Waals surface area contributed by atoms with Crippen molar-refractivity contribution in [1.82, 2.24) is 9.80 Å². The molecule has 4 bridgehead atoms. The lowest BCUT2D eigenvalue weighted by molar-refractivity contribution is -0.147. The highest BCUT2D eigenvalue weighted by Crippen LogP contribution is 2.61. The van der Waals surface area contributed by atoms with Crippen LogP contribution in [0.15, 0.2) is 36.1 Å². The number of amides is 3. The number of likely N-dealkylation sites (tertiary alicyclic amines) is 1. The molecule has 206 valence electrons. The summed E-state index contributed by atoms with van der Waals surface area (Å²) in [7, 11) is 4.26. The van der Waals surface area contributed by atoms with Gasteiger partial charge in [-0.15, -0.1) is 0 Å². The molecule has 2 aromatic rings. The first-order chi connectivity index (χ1) is 18.8. The number of carbonyl (C=O) groups is 2. The van der Waals surface area contributed by atoms with E-state index in [0.717, 1.165) is 36.7 Å². The standard InChI is InChI=1S/C30H38ClN3O2P3/c1-30-15-19-11-22(16-30)27(23(12-19)17-30)34-7-6-21(28(34)35)13-20-4-5-24(14-26(20)31)33-9-8-32(29(33)36)18-25-3-2-10-38-39(25)37/h2-5,10,14,19,21-23,27H,6-9,11-13,15-18,37H2,1H3/q+1. The Balaban J connectivity index is 1.00. The van der Waals surface area contributed by atoms with Crippen LogP contribution in [0.2, 0.25) is 5.02 Å². The summed E-state index contributed by atoms with van der Waals surface area (Å²) in [6.45, 7) is 5.19. The fourth-order valence-electron chi connectivity index (χ4n) is 9.00. The van der Waals surface area contributed by atoms with E-state index >= 15 is 0 Å². The van der Waals surface area contributed by atoms with Crippen LogP contribution in [0.4, 0.5) is 10.5 Å². The summed E-state index contributed by atoms with van der Waals surface area (Å²) in [4.78, 5) is 33.0. The first-order valence-electron chi connectivity index (χ1n) is 14.5. The van der Waals surface area contributed by atoms with Crippen LogP contribution < -0.4 is 4.90 Å². The Morgan fingerprint density at radius 1 is 1.10 bits per heavy atom. The molecule has 2 aliphatic heterocycles. The minimum absolute atomic E-state index is 0.0175. The second kappa shape index (κ2) is 10.2. The third-order valence-electron chi connectivity index (χ3n) is 10.4. The lowest BCUT2D eigenvalue weighted by Gasteiger charge is -2.60. The second-order valence-corrected chi connectivity index (χ2v) is 20.1. The second-order valence-electron chi connectivity index (χ2n) is 13.1. The van der Waals surface area contributed by atoms with Crippen LogP contribution in [0, 0.1) is 29.1 Å². The van der Waals surface area contributed by atoms with Crippen LogP contribution in [0.5, 0.6) is 0 Å². The molecule has 2 saturated heterocycles. The zero-order chi connectivity index (χ0) is 26.9. The number of hydrogen-bond acceptors (Lipinski definition) is 2. The minimum Gasteiger partial charge on any atom is -0.339 e. The number of hydrogen-bond donors (Lipinski definition) is 0. The molecule has 39 heavy (non-hydrogen) atoms. The van der Waals surface area contributed by atoms with Gasteiger partial charge in [0.1, 0.15) is 5.30 Å². The minimum atomic E-state index is -0.294. The zero-order valence-corrected chi connectivity index (χ0v) is 26.3. The van der Waals surface area contributed by atoms with Gasteiger partial charge in [0.15, 0.2) is 14.8 Å². The van der Waals surface area contributed by atoms with Gasteiger partial charge in [0, 0.05) is 48.1 Å². The number of carbonyl (C=O) groups excluding carboxylic acids is 2. The van der Waals surface area contributed by atoms with Gasteiger partial charge < -0.3 is 9.80 Å². The van der Waals surface area contributed by atoms with Crippen molar-refractivity contribution in [2.45, 2.75) is 64.5 Å². The maximum absolute atomic E-state index is 13.7. The Kier molecular flexibility index (Phi) is 6.99. The molecule has 4 aliphatic carbocycles. The van der Waals surface area contributed by atoms with Gasteiger partial charge in [0.25, 0.3) is 0 Å². The highest BCUT2D eigenvalue weighted by Gasteiger charge is 2.56. The SMILES string of the molecule is CC12CC3CC(C1)C(N1CCC(Cc4ccc(N5CCN(Cc6cccp[p+]6P)C5=O)cc4Cl)C1=O)C(C3)C2. The molecule has 6 fully saturated rings. The fraction of sp³-hybridized carbons (Fsp3) is 0.600. The molecule has 5 unspecified atom stereocenters. The molecule has 5 nitrogen and oxygen atoms in total. The van der Waals surface area contributed by atoms with E-state index in [1.807, 2.05) is 28.0 Å². The van der Waals surface area contributed by atoms with Crippen molar-refractivity contribution >= 4 is 52.9 Å². The van der Waals surface area contributed by atoms with Crippen molar-refractivity contribution in [3.05, 3.63) is 52.0 Å². The number of benzene rings is 1. The maximum Gasteiger partial charge on any atom is 0.325 e. The predicted octanol–water partition coefficient (Wildman–Crippen LogP) is 7.87. The molecule has 3 amide bonds. The van der Waals surface area contributed by atoms with E-state index in [4.69, 9.17) is 11.6 Å². The molecule has 9 heteroatoms. The van der Waals surface area contributed by atoms with Gasteiger partial charge in [-0.25, -0.2) is 4.79 Å². The summed E-state index contributed by atoms with van der Waals surface area (Å²) < 4.78 is 0. The van der Waals surface area contributed by atoms with Crippen molar-refractivity contribution in [2.75, 3.05) is 24.5 Å². The largest absolute Gasteiger partial charge is 0.339 e. The molecule has 6 aliphatic rings. The molecule has 0 spiro atoms. The van der Waals surface area contributed by atoms with E-state index in [-0.39, 0.29) is 18.8 Å². The Labute approximate surface area is 241 Å². The van der Waals surface area contributed by atoms with Crippen molar-refractivity contribution in [3.8, 4) is 0 Å². The predicted molar refractivity (Wildman–Crippen MR) is 165 cm³/mol. The van der Waals surface area contributed by atoms with E-state index in [1.165, 1.54) is 45.3 Å². The van der Waals surface area contributed by atoms with Crippen molar-refractivity contribution in [3.63, 3.8) is 0 Å². The Bertz CT molecular complexity index is 1310. The quantitative estimate of drug-likeness (QED) is 0.317. The molecule has 1 aromatic carbocycles. The molecule has 8 rings (SSSR count).